The van der Waals surface area contributed by atoms with E-state index in [1.165, 1.54) is 28.9 Å². The third kappa shape index (κ3) is 29.3. The zero-order valence-electron chi connectivity index (χ0n) is 27.5. The molecule has 56 heavy (non-hydrogen) atoms. The lowest BCUT2D eigenvalue weighted by atomic mass is 9.91. The molecule has 3 aromatic rings. The molecule has 0 atom stereocenters. The van der Waals surface area contributed by atoms with Crippen LogP contribution in [0.25, 0.3) is 22.4 Å². The van der Waals surface area contributed by atoms with Gasteiger partial charge in [0.1, 0.15) is 5.82 Å². The van der Waals surface area contributed by atoms with Crippen molar-refractivity contribution in [2.24, 2.45) is 0 Å². The number of benzene rings is 1. The van der Waals surface area contributed by atoms with Crippen LogP contribution in [0.15, 0.2) is 24.4 Å². The highest BCUT2D eigenvalue weighted by molar-refractivity contribution is 8.80. The fraction of sp³-hybridized carbons (Fsp3) is 0.333. The molecule has 3 rings (SSSR count). The average molecular weight is 1400 g/mol. The van der Waals surface area contributed by atoms with Crippen molar-refractivity contribution in [2.45, 2.75) is 40.0 Å². The van der Waals surface area contributed by atoms with Crippen LogP contribution in [0.5, 0.6) is 0 Å². The summed E-state index contributed by atoms with van der Waals surface area (Å²) >= 11 is 16.0. The molecule has 1 aromatic carbocycles. The summed E-state index contributed by atoms with van der Waals surface area (Å²) in [6.07, 6.45) is 1.81. The third-order valence-electron chi connectivity index (χ3n) is 4.84. The summed E-state index contributed by atoms with van der Waals surface area (Å²) in [5.74, 6) is 0.762. The van der Waals surface area contributed by atoms with E-state index in [1.807, 2.05) is 166 Å². The summed E-state index contributed by atoms with van der Waals surface area (Å²) in [7, 11) is 56.4. The molecule has 2 heterocycles. The van der Waals surface area contributed by atoms with Gasteiger partial charge in [0.2, 0.25) is 0 Å². The molecule has 38 heteroatoms. The van der Waals surface area contributed by atoms with E-state index in [0.717, 1.165) is 28.1 Å². The quantitative estimate of drug-likeness (QED) is 0.369. The molecule has 0 amide bonds. The lowest BCUT2D eigenvalue weighted by molar-refractivity contribution is 0.569. The Bertz CT molecular complexity index is 3230. The Morgan fingerprint density at radius 3 is 1.12 bits per heavy atom. The number of hydrogen-bond acceptors (Lipinski definition) is 4. The number of hydrogen-bond donors (Lipinski definition) is 1. The van der Waals surface area contributed by atoms with Gasteiger partial charge in [-0.1, -0.05) is 32.4 Å². The number of pyridine rings is 1. The first-order valence-electron chi connectivity index (χ1n) is 12.9. The van der Waals surface area contributed by atoms with Gasteiger partial charge in [-0.25, -0.2) is 4.98 Å². The van der Waals surface area contributed by atoms with E-state index in [2.05, 4.69) is 61.7 Å². The van der Waals surface area contributed by atoms with E-state index in [0.29, 0.717) is 5.02 Å². The standard InChI is InChI=1S/C18H20ClN3.S34/c1-10-6-14-15(7-11(10)2)22-17(21-14)12-9-20-16(8-13(12)19)18(3,4)5;1-3-5-7-9-11-13-15-17-19-21-23-25-27-29-31-33-34-32-30-28-26-24-22-20-18-16-14-12-10-8-6-4-2/h6-9H,1-5H3,(H,21,22);. The Kier molecular flexibility index (Phi) is 39.9. The number of nitrogens with zero attached hydrogens (tertiary/aromatic N) is 2. The zero-order valence-corrected chi connectivity index (χ0v) is 56.0. The Morgan fingerprint density at radius 2 is 0.821 bits per heavy atom. The van der Waals surface area contributed by atoms with Crippen LogP contribution in [-0.4, -0.2) is 15.0 Å². The minimum atomic E-state index is -0.0235. The predicted molar refractivity (Wildman–Crippen MR) is 343 cm³/mol. The first-order chi connectivity index (χ1) is 27.2. The van der Waals surface area contributed by atoms with Crippen LogP contribution in [0.3, 0.4) is 0 Å². The van der Waals surface area contributed by atoms with Gasteiger partial charge in [0.05, 0.1) is 21.6 Å². The highest BCUT2D eigenvalue weighted by Crippen LogP contribution is 2.31. The highest BCUT2D eigenvalue weighted by atomic mass is 35.5. The van der Waals surface area contributed by atoms with E-state index in [-0.39, 0.29) is 5.41 Å². The lowest BCUT2D eigenvalue weighted by Crippen LogP contribution is -2.13. The van der Waals surface area contributed by atoms with E-state index in [4.69, 9.17) is 34.0 Å². The van der Waals surface area contributed by atoms with Crippen molar-refractivity contribution in [3.8, 4) is 11.4 Å². The molecule has 3 nitrogen and oxygen atoms in total. The maximum atomic E-state index is 6.46. The number of aromatic nitrogens is 3. The van der Waals surface area contributed by atoms with Gasteiger partial charge in [-0.3, -0.25) is 4.98 Å². The second kappa shape index (κ2) is 38.7. The molecule has 0 aliphatic rings. The van der Waals surface area contributed by atoms with Crippen LogP contribution >= 0.6 is 11.6 Å². The first kappa shape index (κ1) is 57.7. The summed E-state index contributed by atoms with van der Waals surface area (Å²) in [6, 6.07) is 6.14. The van der Waals surface area contributed by atoms with Gasteiger partial charge >= 0.3 is 0 Å². The number of halogens is 1. The monoisotopic (exact) mass is 1400 g/mol. The SMILES string of the molecule is Cc1cc2nc(-c3cnc(C(C)(C)C)cc3Cl)[nH]c2cc1C.S=S=S=S=S=S=S=S=S=S=S=S=S=S=S=S=S=S=S=S=S=S=S=S=S=S=S=S=S=S=S=S=S=S. The molecule has 2 aromatic heterocycles. The van der Waals surface area contributed by atoms with Gasteiger partial charge in [-0.05, 0) is 43.2 Å². The third-order valence-corrected chi connectivity index (χ3v) is 74.0. The van der Waals surface area contributed by atoms with Gasteiger partial charge in [0.15, 0.2) is 0 Å². The van der Waals surface area contributed by atoms with Crippen molar-refractivity contribution in [3.05, 3.63) is 46.2 Å². The molecule has 318 valence electrons. The maximum Gasteiger partial charge on any atom is 0.141 e. The first-order valence-corrected chi connectivity index (χ1v) is 57.3. The molecule has 0 radical (unpaired) electrons. The molecule has 0 aliphatic carbocycles. The Hall–Kier alpha value is 5.61. The number of aromatic amines is 1. The van der Waals surface area contributed by atoms with Crippen molar-refractivity contribution in [3.63, 3.8) is 0 Å². The summed E-state index contributed by atoms with van der Waals surface area (Å²) < 4.78 is 0. The van der Waals surface area contributed by atoms with Crippen LogP contribution in [0.2, 0.25) is 5.02 Å². The van der Waals surface area contributed by atoms with Crippen molar-refractivity contribution in [2.75, 3.05) is 0 Å². The number of fused-ring (bicyclic) bond motifs is 1. The molecule has 0 bridgehead atoms. The summed E-state index contributed by atoms with van der Waals surface area (Å²) in [6.45, 7) is 10.6. The number of nitrogens with one attached hydrogen (secondary N) is 1. The Balaban J connectivity index is 0.000000419. The van der Waals surface area contributed by atoms with Crippen LogP contribution < -0.4 is 0 Å². The molecule has 0 saturated heterocycles. The minimum absolute atomic E-state index is 0.0235. The van der Waals surface area contributed by atoms with Crippen molar-refractivity contribution >= 4 is 329 Å². The molecule has 0 unspecified atom stereocenters. The predicted octanol–water partition coefficient (Wildman–Crippen LogP) is 5.11. The molecular weight excluding hydrogens is 1380 g/mol. The van der Waals surface area contributed by atoms with Gasteiger partial charge in [0, 0.05) is 324 Å². The van der Waals surface area contributed by atoms with Crippen molar-refractivity contribution < 1.29 is 0 Å². The lowest BCUT2D eigenvalue weighted by Gasteiger charge is -2.18. The van der Waals surface area contributed by atoms with E-state index in [1.54, 1.807) is 113 Å². The van der Waals surface area contributed by atoms with Crippen molar-refractivity contribution in [1.82, 2.24) is 15.0 Å². The fourth-order valence-corrected chi connectivity index (χ4v) is 85.3. The largest absolute Gasteiger partial charge is 0.338 e. The van der Waals surface area contributed by atoms with E-state index >= 15 is 0 Å². The topological polar surface area (TPSA) is 41.6 Å². The smallest absolute Gasteiger partial charge is 0.141 e. The molecule has 0 fully saturated rings. The molecule has 1 N–H and O–H groups in total. The number of aryl methyl sites for hydroxylation is 2. The fourth-order valence-electron chi connectivity index (χ4n) is 2.75. The van der Waals surface area contributed by atoms with E-state index in [9.17, 15) is 0 Å². The number of imidazole rings is 1. The molecule has 0 spiro atoms. The highest BCUT2D eigenvalue weighted by Gasteiger charge is 2.18. The van der Waals surface area contributed by atoms with Gasteiger partial charge in [0.25, 0.3) is 0 Å². The maximum absolute atomic E-state index is 6.46. The van der Waals surface area contributed by atoms with Crippen LogP contribution in [0.1, 0.15) is 37.6 Å². The van der Waals surface area contributed by atoms with Crippen LogP contribution in [0.4, 0.5) is 0 Å². The molecule has 0 aliphatic heterocycles. The number of H-pyrrole nitrogens is 1. The number of rotatable bonds is 1. The Labute approximate surface area is 432 Å². The van der Waals surface area contributed by atoms with E-state index < -0.39 is 0 Å². The summed E-state index contributed by atoms with van der Waals surface area (Å²) in [4.78, 5) is 12.5. The minimum Gasteiger partial charge on any atom is -0.338 e. The summed E-state index contributed by atoms with van der Waals surface area (Å²) in [5, 5.41) is 0.674. The normalized spacial score (nSPS) is 9.39. The Morgan fingerprint density at radius 1 is 0.500 bits per heavy atom. The van der Waals surface area contributed by atoms with Gasteiger partial charge in [-0.2, -0.15) is 0 Å². The average Bonchev–Trinajstić information content (AvgIpc) is 3.57. The molecular formula is C18H20ClN3S34. The van der Waals surface area contributed by atoms with Gasteiger partial charge in [-0.15, -0.1) is 0 Å². The second-order valence-electron chi connectivity index (χ2n) is 9.02. The zero-order chi connectivity index (χ0) is 40.7. The summed E-state index contributed by atoms with van der Waals surface area (Å²) in [5.41, 5.74) is 6.24. The second-order valence-corrected chi connectivity index (χ2v) is 66.0. The van der Waals surface area contributed by atoms with Crippen LogP contribution in [-0.2, 0) is 312 Å². The van der Waals surface area contributed by atoms with Gasteiger partial charge < -0.3 is 4.98 Å². The molecule has 0 saturated carbocycles. The van der Waals surface area contributed by atoms with Crippen molar-refractivity contribution in [1.29, 1.82) is 0 Å². The van der Waals surface area contributed by atoms with Crippen LogP contribution in [0, 0.1) is 13.8 Å².